The van der Waals surface area contributed by atoms with Gasteiger partial charge in [-0.15, -0.1) is 11.3 Å². The number of aryl methyl sites for hydroxylation is 1. The van der Waals surface area contributed by atoms with Crippen LogP contribution < -0.4 is 4.74 Å². The van der Waals surface area contributed by atoms with E-state index in [1.165, 1.54) is 5.56 Å². The first kappa shape index (κ1) is 13.1. The normalized spacial score (nSPS) is 12.3. The lowest BCUT2D eigenvalue weighted by Gasteiger charge is -2.09. The van der Waals surface area contributed by atoms with Gasteiger partial charge in [0.1, 0.15) is 5.75 Å². The second-order valence-electron chi connectivity index (χ2n) is 4.15. The molecular formula is C15H18O2S. The van der Waals surface area contributed by atoms with Gasteiger partial charge in [0.2, 0.25) is 0 Å². The number of aliphatic hydroxyl groups excluding tert-OH is 1. The van der Waals surface area contributed by atoms with Gasteiger partial charge in [0, 0.05) is 4.88 Å². The Morgan fingerprint density at radius 3 is 2.61 bits per heavy atom. The predicted molar refractivity (Wildman–Crippen MR) is 75.2 cm³/mol. The molecule has 1 aromatic carbocycles. The number of hydrogen-bond acceptors (Lipinski definition) is 3. The molecule has 1 aromatic heterocycles. The average molecular weight is 262 g/mol. The highest BCUT2D eigenvalue weighted by atomic mass is 32.1. The molecule has 0 bridgehead atoms. The first-order valence-electron chi connectivity index (χ1n) is 6.23. The Labute approximate surface area is 112 Å². The molecule has 1 N–H and O–H groups in total. The topological polar surface area (TPSA) is 29.5 Å². The first-order valence-corrected chi connectivity index (χ1v) is 7.10. The minimum Gasteiger partial charge on any atom is -0.494 e. The van der Waals surface area contributed by atoms with E-state index >= 15 is 0 Å². The monoisotopic (exact) mass is 262 g/mol. The van der Waals surface area contributed by atoms with E-state index in [9.17, 15) is 5.11 Å². The molecule has 96 valence electrons. The molecular weight excluding hydrogens is 244 g/mol. The van der Waals surface area contributed by atoms with Gasteiger partial charge in [-0.05, 0) is 48.9 Å². The highest BCUT2D eigenvalue weighted by Gasteiger charge is 2.08. The van der Waals surface area contributed by atoms with Crippen molar-refractivity contribution in [3.63, 3.8) is 0 Å². The Kier molecular flexibility index (Phi) is 4.79. The molecule has 1 unspecified atom stereocenters. The van der Waals surface area contributed by atoms with Crippen LogP contribution in [0.5, 0.6) is 5.75 Å². The zero-order valence-corrected chi connectivity index (χ0v) is 11.3. The third-order valence-corrected chi connectivity index (χ3v) is 3.79. The highest BCUT2D eigenvalue weighted by molar-refractivity contribution is 7.10. The van der Waals surface area contributed by atoms with Crippen LogP contribution in [0.3, 0.4) is 0 Å². The van der Waals surface area contributed by atoms with Gasteiger partial charge in [-0.3, -0.25) is 0 Å². The van der Waals surface area contributed by atoms with Crippen molar-refractivity contribution in [2.24, 2.45) is 0 Å². The van der Waals surface area contributed by atoms with E-state index in [0.29, 0.717) is 6.61 Å². The Bertz CT molecular complexity index is 448. The zero-order chi connectivity index (χ0) is 12.8. The van der Waals surface area contributed by atoms with Crippen LogP contribution in [0.25, 0.3) is 0 Å². The van der Waals surface area contributed by atoms with Crippen molar-refractivity contribution in [3.8, 4) is 5.75 Å². The molecule has 1 atom stereocenters. The van der Waals surface area contributed by atoms with Crippen LogP contribution in [0.1, 0.15) is 29.9 Å². The molecule has 0 aliphatic rings. The Morgan fingerprint density at radius 1 is 1.22 bits per heavy atom. The van der Waals surface area contributed by atoms with Gasteiger partial charge in [0.15, 0.2) is 0 Å². The highest BCUT2D eigenvalue weighted by Crippen LogP contribution is 2.23. The molecule has 18 heavy (non-hydrogen) atoms. The minimum absolute atomic E-state index is 0.350. The predicted octanol–water partition coefficient (Wildman–Crippen LogP) is 3.81. The Hall–Kier alpha value is -1.32. The second kappa shape index (κ2) is 6.57. The Morgan fingerprint density at radius 2 is 2.00 bits per heavy atom. The van der Waals surface area contributed by atoms with Crippen molar-refractivity contribution in [2.45, 2.75) is 25.9 Å². The molecule has 1 heterocycles. The van der Waals surface area contributed by atoms with Gasteiger partial charge in [-0.1, -0.05) is 18.2 Å². The second-order valence-corrected chi connectivity index (χ2v) is 5.13. The molecule has 0 amide bonds. The van der Waals surface area contributed by atoms with Gasteiger partial charge in [-0.2, -0.15) is 0 Å². The van der Waals surface area contributed by atoms with E-state index in [0.717, 1.165) is 23.5 Å². The van der Waals surface area contributed by atoms with Crippen molar-refractivity contribution in [1.29, 1.82) is 0 Å². The first-order chi connectivity index (χ1) is 8.79. The van der Waals surface area contributed by atoms with Crippen molar-refractivity contribution in [3.05, 3.63) is 52.2 Å². The number of hydrogen-bond donors (Lipinski definition) is 1. The third-order valence-electron chi connectivity index (χ3n) is 2.81. The zero-order valence-electron chi connectivity index (χ0n) is 10.5. The van der Waals surface area contributed by atoms with E-state index in [4.69, 9.17) is 4.74 Å². The lowest BCUT2D eigenvalue weighted by molar-refractivity contribution is 0.171. The quantitative estimate of drug-likeness (QED) is 0.857. The fourth-order valence-corrected chi connectivity index (χ4v) is 2.59. The van der Waals surface area contributed by atoms with Crippen molar-refractivity contribution >= 4 is 11.3 Å². The fourth-order valence-electron chi connectivity index (χ4n) is 1.85. The van der Waals surface area contributed by atoms with E-state index in [1.807, 2.05) is 36.6 Å². The summed E-state index contributed by atoms with van der Waals surface area (Å²) in [6.07, 6.45) is 1.29. The fraction of sp³-hybridized carbons (Fsp3) is 0.333. The van der Waals surface area contributed by atoms with Crippen LogP contribution in [-0.4, -0.2) is 11.7 Å². The maximum atomic E-state index is 10.00. The van der Waals surface area contributed by atoms with Crippen molar-refractivity contribution in [1.82, 2.24) is 0 Å². The van der Waals surface area contributed by atoms with Crippen LogP contribution in [-0.2, 0) is 6.42 Å². The summed E-state index contributed by atoms with van der Waals surface area (Å²) in [5.74, 6) is 0.903. The molecule has 0 fully saturated rings. The number of thiophene rings is 1. The van der Waals surface area contributed by atoms with E-state index in [-0.39, 0.29) is 6.10 Å². The smallest absolute Gasteiger partial charge is 0.119 e. The van der Waals surface area contributed by atoms with E-state index < -0.39 is 0 Å². The maximum absolute atomic E-state index is 10.00. The summed E-state index contributed by atoms with van der Waals surface area (Å²) < 4.78 is 5.40. The molecule has 0 spiro atoms. The van der Waals surface area contributed by atoms with Crippen molar-refractivity contribution < 1.29 is 9.84 Å². The SMILES string of the molecule is CCOc1ccc(CCC(O)c2cccs2)cc1. The molecule has 0 saturated heterocycles. The molecule has 0 aliphatic carbocycles. The summed E-state index contributed by atoms with van der Waals surface area (Å²) in [4.78, 5) is 1.04. The van der Waals surface area contributed by atoms with Crippen LogP contribution >= 0.6 is 11.3 Å². The summed E-state index contributed by atoms with van der Waals surface area (Å²) in [5, 5.41) is 12.0. The van der Waals surface area contributed by atoms with Gasteiger partial charge < -0.3 is 9.84 Å². The summed E-state index contributed by atoms with van der Waals surface area (Å²) in [5.41, 5.74) is 1.23. The van der Waals surface area contributed by atoms with Crippen LogP contribution in [0.15, 0.2) is 41.8 Å². The van der Waals surface area contributed by atoms with Crippen LogP contribution in [0.4, 0.5) is 0 Å². The standard InChI is InChI=1S/C15H18O2S/c1-2-17-13-8-5-12(6-9-13)7-10-14(16)15-4-3-11-18-15/h3-6,8-9,11,14,16H,2,7,10H2,1H3. The van der Waals surface area contributed by atoms with Crippen LogP contribution in [0.2, 0.25) is 0 Å². The Balaban J connectivity index is 1.86. The summed E-state index contributed by atoms with van der Waals surface area (Å²) >= 11 is 1.61. The maximum Gasteiger partial charge on any atom is 0.119 e. The molecule has 0 aliphatic heterocycles. The minimum atomic E-state index is -0.350. The van der Waals surface area contributed by atoms with Crippen LogP contribution in [0, 0.1) is 0 Å². The number of rotatable bonds is 6. The average Bonchev–Trinajstić information content (AvgIpc) is 2.92. The summed E-state index contributed by atoms with van der Waals surface area (Å²) in [6.45, 7) is 2.67. The molecule has 2 rings (SSSR count). The number of ether oxygens (including phenoxy) is 1. The lowest BCUT2D eigenvalue weighted by Crippen LogP contribution is -1.97. The number of aliphatic hydroxyl groups is 1. The van der Waals surface area contributed by atoms with Crippen molar-refractivity contribution in [2.75, 3.05) is 6.61 Å². The van der Waals surface area contributed by atoms with Gasteiger partial charge >= 0.3 is 0 Å². The lowest BCUT2D eigenvalue weighted by atomic mass is 10.1. The largest absolute Gasteiger partial charge is 0.494 e. The molecule has 2 nitrogen and oxygen atoms in total. The molecule has 2 aromatic rings. The van der Waals surface area contributed by atoms with Gasteiger partial charge in [0.25, 0.3) is 0 Å². The molecule has 0 radical (unpaired) electrons. The summed E-state index contributed by atoms with van der Waals surface area (Å²) in [6, 6.07) is 12.0. The molecule has 0 saturated carbocycles. The van der Waals surface area contributed by atoms with E-state index in [2.05, 4.69) is 12.1 Å². The molecule has 3 heteroatoms. The van der Waals surface area contributed by atoms with E-state index in [1.54, 1.807) is 11.3 Å². The number of benzene rings is 1. The third kappa shape index (κ3) is 3.59. The van der Waals surface area contributed by atoms with Gasteiger partial charge in [-0.25, -0.2) is 0 Å². The van der Waals surface area contributed by atoms with Gasteiger partial charge in [0.05, 0.1) is 12.7 Å². The summed E-state index contributed by atoms with van der Waals surface area (Å²) in [7, 11) is 0.